The average Bonchev–Trinajstić information content (AvgIpc) is 2.48. The van der Waals surface area contributed by atoms with E-state index in [0.29, 0.717) is 5.92 Å². The smallest absolute Gasteiger partial charge is 0.0787 e. The standard InChI is InChI=1S/C18H22OS/c1-4-18(19)15-7-11-17(12-8-15)20-16-9-5-14(6-10-16)13(2)3/h5-13,18-19H,4H2,1-3H3/t18-/m1/s1. The van der Waals surface area contributed by atoms with Crippen molar-refractivity contribution in [2.45, 2.75) is 49.0 Å². The molecule has 0 radical (unpaired) electrons. The molecule has 0 bridgehead atoms. The van der Waals surface area contributed by atoms with Crippen molar-refractivity contribution < 1.29 is 5.11 Å². The summed E-state index contributed by atoms with van der Waals surface area (Å²) in [6, 6.07) is 16.9. The third-order valence-corrected chi connectivity index (χ3v) is 4.45. The first-order chi connectivity index (χ1) is 9.60. The SMILES string of the molecule is CC[C@@H](O)c1ccc(Sc2ccc(C(C)C)cc2)cc1. The van der Waals surface area contributed by atoms with Crippen LogP contribution in [0.3, 0.4) is 0 Å². The Morgan fingerprint density at radius 1 is 0.850 bits per heavy atom. The van der Waals surface area contributed by atoms with Crippen molar-refractivity contribution in [3.05, 3.63) is 59.7 Å². The first-order valence-electron chi connectivity index (χ1n) is 7.16. The van der Waals surface area contributed by atoms with Crippen molar-refractivity contribution in [1.82, 2.24) is 0 Å². The predicted molar refractivity (Wildman–Crippen MR) is 86.3 cm³/mol. The summed E-state index contributed by atoms with van der Waals surface area (Å²) in [6.45, 7) is 6.41. The van der Waals surface area contributed by atoms with Crippen LogP contribution in [0, 0.1) is 0 Å². The molecule has 0 amide bonds. The van der Waals surface area contributed by atoms with Crippen LogP contribution in [0.2, 0.25) is 0 Å². The maximum Gasteiger partial charge on any atom is 0.0787 e. The van der Waals surface area contributed by atoms with Gasteiger partial charge in [-0.3, -0.25) is 0 Å². The second-order valence-corrected chi connectivity index (χ2v) is 6.47. The largest absolute Gasteiger partial charge is 0.388 e. The maximum atomic E-state index is 9.79. The molecule has 2 aromatic rings. The molecule has 1 N–H and O–H groups in total. The van der Waals surface area contributed by atoms with E-state index in [9.17, 15) is 5.11 Å². The van der Waals surface area contributed by atoms with Gasteiger partial charge in [0.25, 0.3) is 0 Å². The Kier molecular flexibility index (Phi) is 5.27. The topological polar surface area (TPSA) is 20.2 Å². The van der Waals surface area contributed by atoms with E-state index in [1.165, 1.54) is 15.4 Å². The molecule has 0 spiro atoms. The van der Waals surface area contributed by atoms with Gasteiger partial charge in [0.2, 0.25) is 0 Å². The molecule has 2 heteroatoms. The van der Waals surface area contributed by atoms with Crippen LogP contribution < -0.4 is 0 Å². The Hall–Kier alpha value is -1.25. The molecule has 0 aliphatic heterocycles. The zero-order valence-electron chi connectivity index (χ0n) is 12.3. The van der Waals surface area contributed by atoms with E-state index in [0.717, 1.165) is 12.0 Å². The molecule has 0 fully saturated rings. The highest BCUT2D eigenvalue weighted by molar-refractivity contribution is 7.99. The van der Waals surface area contributed by atoms with Gasteiger partial charge in [-0.25, -0.2) is 0 Å². The van der Waals surface area contributed by atoms with Crippen LogP contribution in [0.4, 0.5) is 0 Å². The fourth-order valence-electron chi connectivity index (χ4n) is 2.05. The molecule has 2 rings (SSSR count). The van der Waals surface area contributed by atoms with Crippen molar-refractivity contribution in [3.8, 4) is 0 Å². The third kappa shape index (κ3) is 3.87. The lowest BCUT2D eigenvalue weighted by Gasteiger charge is -2.09. The molecule has 0 saturated carbocycles. The molecule has 106 valence electrons. The van der Waals surface area contributed by atoms with Crippen LogP contribution in [-0.2, 0) is 0 Å². The summed E-state index contributed by atoms with van der Waals surface area (Å²) < 4.78 is 0. The number of aliphatic hydroxyl groups excluding tert-OH is 1. The minimum atomic E-state index is -0.348. The van der Waals surface area contributed by atoms with Gasteiger partial charge in [-0.2, -0.15) is 0 Å². The molecule has 0 aromatic heterocycles. The Morgan fingerprint density at radius 2 is 1.30 bits per heavy atom. The first-order valence-corrected chi connectivity index (χ1v) is 7.97. The minimum Gasteiger partial charge on any atom is -0.388 e. The molecule has 0 aliphatic rings. The summed E-state index contributed by atoms with van der Waals surface area (Å²) in [5, 5.41) is 9.79. The van der Waals surface area contributed by atoms with Gasteiger partial charge in [-0.15, -0.1) is 0 Å². The van der Waals surface area contributed by atoms with E-state index < -0.39 is 0 Å². The summed E-state index contributed by atoms with van der Waals surface area (Å²) in [6.07, 6.45) is 0.405. The van der Waals surface area contributed by atoms with Crippen molar-refractivity contribution in [2.75, 3.05) is 0 Å². The fraction of sp³-hybridized carbons (Fsp3) is 0.333. The lowest BCUT2D eigenvalue weighted by Crippen LogP contribution is -1.94. The maximum absolute atomic E-state index is 9.79. The van der Waals surface area contributed by atoms with Gasteiger partial charge in [0.05, 0.1) is 6.10 Å². The van der Waals surface area contributed by atoms with Crippen molar-refractivity contribution in [3.63, 3.8) is 0 Å². The number of hydrogen-bond acceptors (Lipinski definition) is 2. The quantitative estimate of drug-likeness (QED) is 0.793. The van der Waals surface area contributed by atoms with Gasteiger partial charge in [0, 0.05) is 9.79 Å². The van der Waals surface area contributed by atoms with Crippen LogP contribution in [-0.4, -0.2) is 5.11 Å². The van der Waals surface area contributed by atoms with Gasteiger partial charge in [0.15, 0.2) is 0 Å². The first kappa shape index (κ1) is 15.1. The van der Waals surface area contributed by atoms with Crippen LogP contribution >= 0.6 is 11.8 Å². The Morgan fingerprint density at radius 3 is 1.70 bits per heavy atom. The lowest BCUT2D eigenvalue weighted by atomic mass is 10.0. The second-order valence-electron chi connectivity index (χ2n) is 5.32. The number of aliphatic hydroxyl groups is 1. The Bertz CT molecular complexity index is 528. The van der Waals surface area contributed by atoms with Gasteiger partial charge in [-0.1, -0.05) is 56.8 Å². The molecular formula is C18H22OS. The zero-order chi connectivity index (χ0) is 14.5. The van der Waals surface area contributed by atoms with Crippen LogP contribution in [0.1, 0.15) is 50.3 Å². The summed E-state index contributed by atoms with van der Waals surface area (Å²) in [4.78, 5) is 2.45. The molecule has 0 aliphatic carbocycles. The van der Waals surface area contributed by atoms with E-state index in [1.807, 2.05) is 19.1 Å². The van der Waals surface area contributed by atoms with Crippen molar-refractivity contribution >= 4 is 11.8 Å². The Labute approximate surface area is 126 Å². The van der Waals surface area contributed by atoms with E-state index >= 15 is 0 Å². The zero-order valence-corrected chi connectivity index (χ0v) is 13.2. The summed E-state index contributed by atoms with van der Waals surface area (Å²) in [7, 11) is 0. The highest BCUT2D eigenvalue weighted by atomic mass is 32.2. The van der Waals surface area contributed by atoms with E-state index in [-0.39, 0.29) is 6.10 Å². The molecule has 0 heterocycles. The molecule has 0 saturated heterocycles. The number of hydrogen-bond donors (Lipinski definition) is 1. The fourth-order valence-corrected chi connectivity index (χ4v) is 2.87. The normalized spacial score (nSPS) is 12.7. The molecule has 1 nitrogen and oxygen atoms in total. The van der Waals surface area contributed by atoms with Crippen LogP contribution in [0.15, 0.2) is 58.3 Å². The summed E-state index contributed by atoms with van der Waals surface area (Å²) >= 11 is 1.75. The van der Waals surface area contributed by atoms with E-state index in [4.69, 9.17) is 0 Å². The molecule has 20 heavy (non-hydrogen) atoms. The summed E-state index contributed by atoms with van der Waals surface area (Å²) in [5.41, 5.74) is 2.36. The highest BCUT2D eigenvalue weighted by Crippen LogP contribution is 2.30. The van der Waals surface area contributed by atoms with Crippen LogP contribution in [0.25, 0.3) is 0 Å². The molecular weight excluding hydrogens is 264 g/mol. The number of benzene rings is 2. The summed E-state index contributed by atoms with van der Waals surface area (Å²) in [5.74, 6) is 0.573. The van der Waals surface area contributed by atoms with E-state index in [1.54, 1.807) is 11.8 Å². The minimum absolute atomic E-state index is 0.348. The monoisotopic (exact) mass is 286 g/mol. The van der Waals surface area contributed by atoms with E-state index in [2.05, 4.69) is 50.2 Å². The number of rotatable bonds is 5. The lowest BCUT2D eigenvalue weighted by molar-refractivity contribution is 0.173. The average molecular weight is 286 g/mol. The van der Waals surface area contributed by atoms with Crippen molar-refractivity contribution in [2.24, 2.45) is 0 Å². The predicted octanol–water partition coefficient (Wildman–Crippen LogP) is 5.40. The molecule has 0 unspecified atom stereocenters. The van der Waals surface area contributed by atoms with Gasteiger partial charge in [0.1, 0.15) is 0 Å². The van der Waals surface area contributed by atoms with Gasteiger partial charge >= 0.3 is 0 Å². The highest BCUT2D eigenvalue weighted by Gasteiger charge is 2.05. The van der Waals surface area contributed by atoms with Gasteiger partial charge in [-0.05, 0) is 47.7 Å². The van der Waals surface area contributed by atoms with Crippen molar-refractivity contribution in [1.29, 1.82) is 0 Å². The van der Waals surface area contributed by atoms with Crippen LogP contribution in [0.5, 0.6) is 0 Å². The van der Waals surface area contributed by atoms with Gasteiger partial charge < -0.3 is 5.11 Å². The second kappa shape index (κ2) is 6.96. The third-order valence-electron chi connectivity index (χ3n) is 3.43. The Balaban J connectivity index is 2.06. The molecule has 1 atom stereocenters. The molecule has 2 aromatic carbocycles.